The Labute approximate surface area is 180 Å². The molecule has 3 aromatic rings. The third kappa shape index (κ3) is 3.98. The van der Waals surface area contributed by atoms with Crippen molar-refractivity contribution in [2.24, 2.45) is 5.92 Å². The second-order valence-corrected chi connectivity index (χ2v) is 8.65. The van der Waals surface area contributed by atoms with E-state index in [0.29, 0.717) is 29.7 Å². The van der Waals surface area contributed by atoms with Crippen LogP contribution in [0.15, 0.2) is 36.8 Å². The lowest BCUT2D eigenvalue weighted by Gasteiger charge is -2.38. The molecule has 0 spiro atoms. The molecule has 3 atom stereocenters. The predicted molar refractivity (Wildman–Crippen MR) is 116 cm³/mol. The van der Waals surface area contributed by atoms with E-state index in [1.807, 2.05) is 12.1 Å². The average molecular weight is 423 g/mol. The Bertz CT molecular complexity index is 1020. The zero-order valence-electron chi connectivity index (χ0n) is 17.6. The van der Waals surface area contributed by atoms with Gasteiger partial charge in [-0.1, -0.05) is 19.4 Å². The number of anilines is 1. The van der Waals surface area contributed by atoms with Crippen LogP contribution in [0.3, 0.4) is 0 Å². The number of rotatable bonds is 6. The van der Waals surface area contributed by atoms with Gasteiger partial charge in [-0.25, -0.2) is 9.37 Å². The monoisotopic (exact) mass is 422 g/mol. The Hall–Kier alpha value is -3.03. The van der Waals surface area contributed by atoms with Crippen LogP contribution in [-0.2, 0) is 0 Å². The fourth-order valence-electron chi connectivity index (χ4n) is 4.70. The number of aromatic amines is 1. The highest BCUT2D eigenvalue weighted by Gasteiger charge is 2.40. The third-order valence-corrected chi connectivity index (χ3v) is 6.61. The molecule has 2 saturated carbocycles. The molecule has 2 aromatic heterocycles. The Kier molecular flexibility index (Phi) is 5.29. The van der Waals surface area contributed by atoms with E-state index in [1.165, 1.54) is 0 Å². The fraction of sp³-hybridized carbons (Fsp3) is 0.478. The van der Waals surface area contributed by atoms with Crippen LogP contribution in [0.1, 0.15) is 45.4 Å². The number of alkyl halides is 1. The van der Waals surface area contributed by atoms with Crippen LogP contribution in [0.2, 0.25) is 0 Å². The zero-order valence-corrected chi connectivity index (χ0v) is 17.6. The maximum Gasteiger partial charge on any atom is 0.245 e. The summed E-state index contributed by atoms with van der Waals surface area (Å²) in [6.45, 7) is 2.07. The number of aromatic hydroxyl groups is 1. The summed E-state index contributed by atoms with van der Waals surface area (Å²) in [4.78, 5) is 6.88. The molecule has 162 valence electrons. The molecule has 0 amide bonds. The molecule has 2 fully saturated rings. The van der Waals surface area contributed by atoms with Crippen molar-refractivity contribution in [3.05, 3.63) is 36.8 Å². The van der Waals surface area contributed by atoms with Gasteiger partial charge >= 0.3 is 0 Å². The molecule has 5 rings (SSSR count). The van der Waals surface area contributed by atoms with E-state index in [-0.39, 0.29) is 17.7 Å². The van der Waals surface area contributed by atoms with Gasteiger partial charge in [-0.05, 0) is 55.7 Å². The largest absolute Gasteiger partial charge is 0.507 e. The number of halogens is 1. The maximum atomic E-state index is 14.2. The smallest absolute Gasteiger partial charge is 0.245 e. The minimum absolute atomic E-state index is 0.109. The van der Waals surface area contributed by atoms with E-state index in [1.54, 1.807) is 24.7 Å². The standard InChI is InChI=1S/C23H27FN6O/c1-2-14-9-18(6-8-20(14)24)30(17-4-5-17)23-25-13-21(28-29-23)19-7-3-15(10-22(19)31)16-11-26-27-12-16/h3,7,10-14,17-18,20,31H,2,4-6,8-9H2,1H3,(H,26,27)/t14-,18+,20-/m1/s1. The van der Waals surface area contributed by atoms with Crippen molar-refractivity contribution < 1.29 is 9.50 Å². The number of H-pyrrole nitrogens is 1. The molecule has 0 bridgehead atoms. The molecule has 2 heterocycles. The topological polar surface area (TPSA) is 90.8 Å². The highest BCUT2D eigenvalue weighted by molar-refractivity contribution is 5.73. The highest BCUT2D eigenvalue weighted by Crippen LogP contribution is 2.39. The first kappa shape index (κ1) is 19.9. The van der Waals surface area contributed by atoms with Crippen molar-refractivity contribution in [2.45, 2.75) is 63.7 Å². The molecule has 2 aliphatic rings. The Morgan fingerprint density at radius 1 is 1.10 bits per heavy atom. The SMILES string of the molecule is CC[C@@H]1C[C@@H](N(c2ncc(-c3ccc(-c4cn[nH]c4)cc3O)nn2)C2CC2)CC[C@H]1F. The summed E-state index contributed by atoms with van der Waals surface area (Å²) in [5, 5.41) is 26.0. The number of hydrogen-bond acceptors (Lipinski definition) is 6. The van der Waals surface area contributed by atoms with Gasteiger partial charge < -0.3 is 10.0 Å². The normalized spacial score (nSPS) is 23.6. The molecular formula is C23H27FN6O. The molecular weight excluding hydrogens is 395 g/mol. The lowest BCUT2D eigenvalue weighted by molar-refractivity contribution is 0.145. The van der Waals surface area contributed by atoms with E-state index >= 15 is 0 Å². The number of nitrogens with one attached hydrogen (secondary N) is 1. The molecule has 0 radical (unpaired) electrons. The van der Waals surface area contributed by atoms with Crippen LogP contribution in [0.4, 0.5) is 10.3 Å². The van der Waals surface area contributed by atoms with Crippen LogP contribution >= 0.6 is 0 Å². The van der Waals surface area contributed by atoms with Crippen LogP contribution in [0, 0.1) is 5.92 Å². The highest BCUT2D eigenvalue weighted by atomic mass is 19.1. The Morgan fingerprint density at radius 3 is 2.58 bits per heavy atom. The van der Waals surface area contributed by atoms with Crippen LogP contribution in [0.25, 0.3) is 22.4 Å². The number of hydrogen-bond donors (Lipinski definition) is 2. The third-order valence-electron chi connectivity index (χ3n) is 6.61. The van der Waals surface area contributed by atoms with Crippen molar-refractivity contribution >= 4 is 5.95 Å². The van der Waals surface area contributed by atoms with Gasteiger partial charge in [-0.2, -0.15) is 5.10 Å². The van der Waals surface area contributed by atoms with Gasteiger partial charge in [0.2, 0.25) is 5.95 Å². The molecule has 2 aliphatic carbocycles. The van der Waals surface area contributed by atoms with E-state index < -0.39 is 6.17 Å². The molecule has 7 nitrogen and oxygen atoms in total. The predicted octanol–water partition coefficient (Wildman–Crippen LogP) is 4.52. The summed E-state index contributed by atoms with van der Waals surface area (Å²) < 4.78 is 14.2. The van der Waals surface area contributed by atoms with Gasteiger partial charge in [0.1, 0.15) is 17.6 Å². The summed E-state index contributed by atoms with van der Waals surface area (Å²) in [6.07, 6.45) is 9.83. The van der Waals surface area contributed by atoms with Crippen LogP contribution < -0.4 is 4.90 Å². The first-order valence-corrected chi connectivity index (χ1v) is 11.1. The first-order valence-electron chi connectivity index (χ1n) is 11.1. The molecule has 0 saturated heterocycles. The minimum atomic E-state index is -0.697. The molecule has 1 aromatic carbocycles. The van der Waals surface area contributed by atoms with Gasteiger partial charge in [0, 0.05) is 29.4 Å². The molecule has 0 unspecified atom stereocenters. The first-order chi connectivity index (χ1) is 15.1. The van der Waals surface area contributed by atoms with E-state index in [2.05, 4.69) is 37.2 Å². The summed E-state index contributed by atoms with van der Waals surface area (Å²) in [5.74, 6) is 0.837. The number of phenols is 1. The van der Waals surface area contributed by atoms with E-state index in [0.717, 1.165) is 43.2 Å². The summed E-state index contributed by atoms with van der Waals surface area (Å²) >= 11 is 0. The van der Waals surface area contributed by atoms with Crippen LogP contribution in [-0.4, -0.2) is 48.7 Å². The van der Waals surface area contributed by atoms with Crippen molar-refractivity contribution in [2.75, 3.05) is 4.90 Å². The van der Waals surface area contributed by atoms with Gasteiger partial charge in [0.05, 0.1) is 12.4 Å². The molecule has 8 heteroatoms. The summed E-state index contributed by atoms with van der Waals surface area (Å²) in [6, 6.07) is 6.10. The fourth-order valence-corrected chi connectivity index (χ4v) is 4.70. The maximum absolute atomic E-state index is 14.2. The molecule has 31 heavy (non-hydrogen) atoms. The number of nitrogens with zero attached hydrogens (tertiary/aromatic N) is 5. The number of phenolic OH excluding ortho intramolecular Hbond substituents is 1. The van der Waals surface area contributed by atoms with E-state index in [4.69, 9.17) is 0 Å². The summed E-state index contributed by atoms with van der Waals surface area (Å²) in [7, 11) is 0. The lowest BCUT2D eigenvalue weighted by Crippen LogP contribution is -2.44. The van der Waals surface area contributed by atoms with Crippen molar-refractivity contribution in [3.63, 3.8) is 0 Å². The Morgan fingerprint density at radius 2 is 1.94 bits per heavy atom. The molecule has 0 aliphatic heterocycles. The quantitative estimate of drug-likeness (QED) is 0.607. The van der Waals surface area contributed by atoms with Crippen molar-refractivity contribution in [1.29, 1.82) is 0 Å². The van der Waals surface area contributed by atoms with E-state index in [9.17, 15) is 9.50 Å². The lowest BCUT2D eigenvalue weighted by atomic mass is 9.82. The van der Waals surface area contributed by atoms with Gasteiger partial charge in [-0.3, -0.25) is 5.10 Å². The zero-order chi connectivity index (χ0) is 21.4. The number of aromatic nitrogens is 5. The van der Waals surface area contributed by atoms with Crippen molar-refractivity contribution in [3.8, 4) is 28.1 Å². The van der Waals surface area contributed by atoms with Gasteiger partial charge in [0.25, 0.3) is 0 Å². The van der Waals surface area contributed by atoms with Crippen molar-refractivity contribution in [1.82, 2.24) is 25.4 Å². The van der Waals surface area contributed by atoms with Crippen LogP contribution in [0.5, 0.6) is 5.75 Å². The van der Waals surface area contributed by atoms with Gasteiger partial charge in [-0.15, -0.1) is 10.2 Å². The second kappa shape index (κ2) is 8.24. The number of benzene rings is 1. The molecule has 2 N–H and O–H groups in total. The Balaban J connectivity index is 1.38. The minimum Gasteiger partial charge on any atom is -0.507 e. The summed E-state index contributed by atoms with van der Waals surface area (Å²) in [5.41, 5.74) is 2.87. The van der Waals surface area contributed by atoms with Gasteiger partial charge in [0.15, 0.2) is 0 Å². The average Bonchev–Trinajstić information content (AvgIpc) is 3.46. The second-order valence-electron chi connectivity index (χ2n) is 8.65.